The zero-order chi connectivity index (χ0) is 20.8. The highest BCUT2D eigenvalue weighted by molar-refractivity contribution is 7.99. The molecule has 0 aliphatic heterocycles. The molecule has 0 spiro atoms. The molecule has 0 fully saturated rings. The van der Waals surface area contributed by atoms with Crippen LogP contribution in [-0.4, -0.2) is 52.5 Å². The lowest BCUT2D eigenvalue weighted by atomic mass is 10.1. The normalized spacial score (nSPS) is 12.2. The van der Waals surface area contributed by atoms with Gasteiger partial charge in [-0.05, 0) is 35.4 Å². The first-order chi connectivity index (χ1) is 14.0. The molecule has 2 aromatic carbocycles. The second kappa shape index (κ2) is 9.67. The first-order valence-electron chi connectivity index (χ1n) is 9.57. The van der Waals surface area contributed by atoms with Crippen molar-refractivity contribution in [2.75, 3.05) is 26.4 Å². The summed E-state index contributed by atoms with van der Waals surface area (Å²) in [5.41, 5.74) is 4.34. The molecule has 7 nitrogen and oxygen atoms in total. The van der Waals surface area contributed by atoms with Crippen LogP contribution in [0.1, 0.15) is 22.7 Å². The van der Waals surface area contributed by atoms with E-state index in [2.05, 4.69) is 47.1 Å². The van der Waals surface area contributed by atoms with Crippen molar-refractivity contribution in [3.63, 3.8) is 0 Å². The van der Waals surface area contributed by atoms with Crippen molar-refractivity contribution in [2.24, 2.45) is 0 Å². The van der Waals surface area contributed by atoms with Gasteiger partial charge in [-0.1, -0.05) is 60.3 Å². The van der Waals surface area contributed by atoms with E-state index < -0.39 is 0 Å². The lowest BCUT2D eigenvalue weighted by Gasteiger charge is -2.22. The highest BCUT2D eigenvalue weighted by atomic mass is 32.2. The number of quaternary nitrogens is 1. The molecule has 0 saturated heterocycles. The number of hydrogen-bond donors (Lipinski definition) is 2. The topological polar surface area (TPSA) is 77.1 Å². The number of rotatable bonds is 8. The number of tetrazole rings is 1. The Balaban J connectivity index is 1.61. The summed E-state index contributed by atoms with van der Waals surface area (Å²) in [6.07, 6.45) is 0. The molecule has 3 rings (SSSR count). The largest absolute Gasteiger partial charge is 0.349 e. The average molecular weight is 412 g/mol. The van der Waals surface area contributed by atoms with Crippen molar-refractivity contribution in [3.05, 3.63) is 65.2 Å². The van der Waals surface area contributed by atoms with E-state index in [0.717, 1.165) is 16.8 Å². The Labute approximate surface area is 175 Å². The Morgan fingerprint density at radius 2 is 1.79 bits per heavy atom. The summed E-state index contributed by atoms with van der Waals surface area (Å²) in [6.45, 7) is 4.63. The second-order valence-electron chi connectivity index (χ2n) is 7.25. The quantitative estimate of drug-likeness (QED) is 0.548. The highest BCUT2D eigenvalue weighted by Crippen LogP contribution is 2.23. The summed E-state index contributed by atoms with van der Waals surface area (Å²) in [6, 6.07) is 16.5. The van der Waals surface area contributed by atoms with Crippen LogP contribution in [0.15, 0.2) is 53.7 Å². The number of nitrogens with one attached hydrogen (secondary N) is 2. The summed E-state index contributed by atoms with van der Waals surface area (Å²) in [4.78, 5) is 13.7. The first-order valence-corrected chi connectivity index (χ1v) is 10.6. The van der Waals surface area contributed by atoms with E-state index in [0.29, 0.717) is 11.7 Å². The minimum Gasteiger partial charge on any atom is -0.349 e. The fourth-order valence-corrected chi connectivity index (χ4v) is 3.99. The van der Waals surface area contributed by atoms with Crippen LogP contribution >= 0.6 is 11.8 Å². The molecule has 1 aromatic heterocycles. The third kappa shape index (κ3) is 5.21. The number of benzene rings is 2. The number of carbonyl (C=O) groups is 1. The molecule has 0 unspecified atom stereocenters. The Bertz CT molecular complexity index is 937. The maximum Gasteiger partial charge on any atom is 0.230 e. The maximum absolute atomic E-state index is 12.5. The number of likely N-dealkylation sites (N-methyl/N-ethyl adjacent to an activating group) is 1. The fourth-order valence-electron chi connectivity index (χ4n) is 3.29. The van der Waals surface area contributed by atoms with Gasteiger partial charge in [-0.3, -0.25) is 4.79 Å². The minimum atomic E-state index is -0.0340. The minimum absolute atomic E-state index is 0.0340. The second-order valence-corrected chi connectivity index (χ2v) is 8.19. The number of amides is 1. The molecule has 8 heteroatoms. The summed E-state index contributed by atoms with van der Waals surface area (Å²) >= 11 is 1.34. The van der Waals surface area contributed by atoms with Crippen LogP contribution in [0.25, 0.3) is 5.69 Å². The van der Waals surface area contributed by atoms with Gasteiger partial charge in [-0.15, -0.1) is 5.10 Å². The summed E-state index contributed by atoms with van der Waals surface area (Å²) in [7, 11) is 4.19. The Morgan fingerprint density at radius 1 is 1.10 bits per heavy atom. The van der Waals surface area contributed by atoms with E-state index in [1.807, 2.05) is 50.2 Å². The Morgan fingerprint density at radius 3 is 2.45 bits per heavy atom. The van der Waals surface area contributed by atoms with Gasteiger partial charge in [0.25, 0.3) is 0 Å². The number of carbonyl (C=O) groups excluding carboxylic acids is 1. The molecule has 2 N–H and O–H groups in total. The molecule has 0 aliphatic rings. The van der Waals surface area contributed by atoms with Crippen LogP contribution in [0.5, 0.6) is 0 Å². The molecule has 0 aliphatic carbocycles. The van der Waals surface area contributed by atoms with Crippen LogP contribution in [0, 0.1) is 13.8 Å². The third-order valence-corrected chi connectivity index (χ3v) is 5.75. The van der Waals surface area contributed by atoms with Crippen molar-refractivity contribution < 1.29 is 9.69 Å². The number of nitrogens with zero attached hydrogens (tertiary/aromatic N) is 4. The number of aryl methyl sites for hydroxylation is 2. The molecule has 0 radical (unpaired) electrons. The average Bonchev–Trinajstić information content (AvgIpc) is 3.15. The molecule has 29 heavy (non-hydrogen) atoms. The molecule has 0 saturated carbocycles. The Kier molecular flexibility index (Phi) is 7.00. The number of hydrogen-bond acceptors (Lipinski definition) is 5. The number of thioether (sulfide) groups is 1. The zero-order valence-corrected chi connectivity index (χ0v) is 18.0. The Hall–Kier alpha value is -2.71. The van der Waals surface area contributed by atoms with Crippen LogP contribution in [-0.2, 0) is 4.79 Å². The van der Waals surface area contributed by atoms with Gasteiger partial charge in [-0.2, -0.15) is 4.68 Å². The van der Waals surface area contributed by atoms with E-state index in [1.165, 1.54) is 22.2 Å². The molecule has 1 amide bonds. The first kappa shape index (κ1) is 21.0. The monoisotopic (exact) mass is 411 g/mol. The molecule has 3 aromatic rings. The van der Waals surface area contributed by atoms with Gasteiger partial charge >= 0.3 is 0 Å². The summed E-state index contributed by atoms with van der Waals surface area (Å²) in [5, 5.41) is 15.7. The van der Waals surface area contributed by atoms with Gasteiger partial charge in [-0.25, -0.2) is 0 Å². The van der Waals surface area contributed by atoms with Crippen LogP contribution in [0.3, 0.4) is 0 Å². The smallest absolute Gasteiger partial charge is 0.230 e. The molecular formula is C21H27N6OS+. The lowest BCUT2D eigenvalue weighted by molar-refractivity contribution is -0.890. The van der Waals surface area contributed by atoms with Gasteiger partial charge in [0.15, 0.2) is 0 Å². The highest BCUT2D eigenvalue weighted by Gasteiger charge is 2.19. The predicted molar refractivity (Wildman–Crippen MR) is 114 cm³/mol. The van der Waals surface area contributed by atoms with Crippen LogP contribution < -0.4 is 10.2 Å². The molecule has 0 bridgehead atoms. The summed E-state index contributed by atoms with van der Waals surface area (Å²) in [5.74, 6) is 0.225. The molecule has 152 valence electrons. The zero-order valence-electron chi connectivity index (χ0n) is 17.2. The summed E-state index contributed by atoms with van der Waals surface area (Å²) < 4.78 is 1.71. The SMILES string of the molecule is Cc1cccc(C)c1-n1nnnc1SCC(=O)NC[C@H](c1ccccc1)[NH+](C)C. The van der Waals surface area contributed by atoms with E-state index in [-0.39, 0.29) is 17.7 Å². The number of aromatic nitrogens is 4. The lowest BCUT2D eigenvalue weighted by Crippen LogP contribution is -3.07. The number of para-hydroxylation sites is 1. The van der Waals surface area contributed by atoms with E-state index >= 15 is 0 Å². The van der Waals surface area contributed by atoms with Gasteiger partial charge in [0.1, 0.15) is 6.04 Å². The molecule has 1 atom stereocenters. The van der Waals surface area contributed by atoms with Gasteiger partial charge < -0.3 is 10.2 Å². The molecule has 1 heterocycles. The fraction of sp³-hybridized carbons (Fsp3) is 0.333. The van der Waals surface area contributed by atoms with Crippen molar-refractivity contribution in [3.8, 4) is 5.69 Å². The van der Waals surface area contributed by atoms with E-state index in [9.17, 15) is 4.79 Å². The third-order valence-electron chi connectivity index (χ3n) is 4.83. The van der Waals surface area contributed by atoms with Crippen molar-refractivity contribution in [1.29, 1.82) is 0 Å². The van der Waals surface area contributed by atoms with Gasteiger partial charge in [0.05, 0.1) is 32.1 Å². The standard InChI is InChI=1S/C21H26N6OS/c1-15-9-8-10-16(2)20(15)27-21(23-24-25-27)29-14-19(28)22-13-18(26(3)4)17-11-6-5-7-12-17/h5-12,18H,13-14H2,1-4H3,(H,22,28)/p+1/t18-/m1/s1. The van der Waals surface area contributed by atoms with E-state index in [1.54, 1.807) is 4.68 Å². The van der Waals surface area contributed by atoms with Crippen molar-refractivity contribution in [2.45, 2.75) is 25.0 Å². The van der Waals surface area contributed by atoms with Gasteiger partial charge in [0.2, 0.25) is 11.1 Å². The van der Waals surface area contributed by atoms with Crippen molar-refractivity contribution >= 4 is 17.7 Å². The maximum atomic E-state index is 12.5. The predicted octanol–water partition coefficient (Wildman–Crippen LogP) is 1.37. The van der Waals surface area contributed by atoms with Crippen LogP contribution in [0.2, 0.25) is 0 Å². The van der Waals surface area contributed by atoms with Gasteiger partial charge in [0, 0.05) is 5.56 Å². The van der Waals surface area contributed by atoms with Crippen LogP contribution in [0.4, 0.5) is 0 Å². The van der Waals surface area contributed by atoms with Crippen molar-refractivity contribution in [1.82, 2.24) is 25.5 Å². The van der Waals surface area contributed by atoms with E-state index in [4.69, 9.17) is 0 Å². The molecular weight excluding hydrogens is 384 g/mol.